The third-order valence-corrected chi connectivity index (χ3v) is 3.48. The summed E-state index contributed by atoms with van der Waals surface area (Å²) in [4.78, 5) is 12.5. The van der Waals surface area contributed by atoms with Crippen molar-refractivity contribution >= 4 is 15.7 Å². The van der Waals surface area contributed by atoms with Crippen LogP contribution in [0.3, 0.4) is 0 Å². The average Bonchev–Trinajstić information content (AvgIpc) is 2.03. The first-order valence-electron chi connectivity index (χ1n) is 3.73. The number of hydrogen-bond donors (Lipinski definition) is 1. The van der Waals surface area contributed by atoms with Crippen molar-refractivity contribution in [2.24, 2.45) is 5.73 Å². The van der Waals surface area contributed by atoms with Gasteiger partial charge in [0.1, 0.15) is 0 Å². The summed E-state index contributed by atoms with van der Waals surface area (Å²) in [7, 11) is -2.89. The largest absolute Gasteiger partial charge is 0.340 e. The van der Waals surface area contributed by atoms with E-state index in [4.69, 9.17) is 5.73 Å². The average molecular weight is 192 g/mol. The Morgan fingerprint density at radius 1 is 1.33 bits per heavy atom. The molecule has 1 aliphatic heterocycles. The van der Waals surface area contributed by atoms with Crippen LogP contribution in [0, 0.1) is 0 Å². The second kappa shape index (κ2) is 3.40. The molecule has 0 saturated carbocycles. The highest BCUT2D eigenvalue weighted by molar-refractivity contribution is 7.91. The van der Waals surface area contributed by atoms with Crippen LogP contribution in [0.15, 0.2) is 0 Å². The van der Waals surface area contributed by atoms with Crippen molar-refractivity contribution in [3.63, 3.8) is 0 Å². The number of nitrogens with two attached hydrogens (primary N) is 1. The lowest BCUT2D eigenvalue weighted by Crippen LogP contribution is -2.46. The number of amides is 1. The summed E-state index contributed by atoms with van der Waals surface area (Å²) < 4.78 is 21.9. The van der Waals surface area contributed by atoms with Crippen LogP contribution in [0.4, 0.5) is 0 Å². The highest BCUT2D eigenvalue weighted by Crippen LogP contribution is 2.02. The van der Waals surface area contributed by atoms with Gasteiger partial charge < -0.3 is 10.6 Å². The van der Waals surface area contributed by atoms with E-state index in [1.165, 1.54) is 4.90 Å². The van der Waals surface area contributed by atoms with E-state index in [2.05, 4.69) is 0 Å². The smallest absolute Gasteiger partial charge is 0.236 e. The van der Waals surface area contributed by atoms with E-state index < -0.39 is 9.84 Å². The van der Waals surface area contributed by atoms with Crippen molar-refractivity contribution in [3.8, 4) is 0 Å². The van der Waals surface area contributed by atoms with Crippen molar-refractivity contribution in [2.45, 2.75) is 0 Å². The molecule has 0 atom stereocenters. The predicted molar refractivity (Wildman–Crippen MR) is 44.3 cm³/mol. The molecule has 12 heavy (non-hydrogen) atoms. The molecule has 0 aromatic heterocycles. The fourth-order valence-corrected chi connectivity index (χ4v) is 2.29. The molecule has 0 aromatic carbocycles. The Balaban J connectivity index is 2.52. The Morgan fingerprint density at radius 3 is 2.25 bits per heavy atom. The monoisotopic (exact) mass is 192 g/mol. The lowest BCUT2D eigenvalue weighted by atomic mass is 10.4. The second-order valence-electron chi connectivity index (χ2n) is 2.74. The Hall–Kier alpha value is -0.620. The summed E-state index contributed by atoms with van der Waals surface area (Å²) in [5.41, 5.74) is 5.13. The van der Waals surface area contributed by atoms with Gasteiger partial charge in [-0.1, -0.05) is 0 Å². The van der Waals surface area contributed by atoms with E-state index >= 15 is 0 Å². The lowest BCUT2D eigenvalue weighted by molar-refractivity contribution is -0.129. The van der Waals surface area contributed by atoms with Crippen molar-refractivity contribution < 1.29 is 13.2 Å². The topological polar surface area (TPSA) is 80.5 Å². The van der Waals surface area contributed by atoms with E-state index in [1.54, 1.807) is 0 Å². The Kier molecular flexibility index (Phi) is 2.69. The van der Waals surface area contributed by atoms with E-state index in [0.29, 0.717) is 13.1 Å². The van der Waals surface area contributed by atoms with Crippen LogP contribution in [-0.2, 0) is 14.6 Å². The molecule has 5 nitrogen and oxygen atoms in total. The van der Waals surface area contributed by atoms with Crippen molar-refractivity contribution in [3.05, 3.63) is 0 Å². The van der Waals surface area contributed by atoms with Crippen LogP contribution in [0.25, 0.3) is 0 Å². The normalized spacial score (nSPS) is 22.2. The lowest BCUT2D eigenvalue weighted by Gasteiger charge is -2.26. The molecule has 0 radical (unpaired) electrons. The standard InChI is InChI=1S/C6H12N2O3S/c7-5-6(9)8-1-3-12(10,11)4-2-8/h1-5,7H2. The number of carbonyl (C=O) groups excluding carboxylic acids is 1. The summed E-state index contributed by atoms with van der Waals surface area (Å²) in [6, 6.07) is 0. The van der Waals surface area contributed by atoms with E-state index in [9.17, 15) is 13.2 Å². The van der Waals surface area contributed by atoms with Crippen LogP contribution in [0.2, 0.25) is 0 Å². The SMILES string of the molecule is NCC(=O)N1CCS(=O)(=O)CC1. The van der Waals surface area contributed by atoms with Crippen LogP contribution < -0.4 is 5.73 Å². The van der Waals surface area contributed by atoms with Gasteiger partial charge in [-0.05, 0) is 0 Å². The minimum absolute atomic E-state index is 0.0416. The maximum Gasteiger partial charge on any atom is 0.236 e. The van der Waals surface area contributed by atoms with E-state index in [1.807, 2.05) is 0 Å². The molecule has 0 aromatic rings. The Morgan fingerprint density at radius 2 is 1.83 bits per heavy atom. The molecule has 1 fully saturated rings. The summed E-state index contributed by atoms with van der Waals surface area (Å²) in [5, 5.41) is 0. The van der Waals surface area contributed by atoms with Gasteiger partial charge in [-0.25, -0.2) is 8.42 Å². The van der Waals surface area contributed by atoms with Gasteiger partial charge in [0.05, 0.1) is 18.1 Å². The molecule has 1 amide bonds. The zero-order valence-corrected chi connectivity index (χ0v) is 7.51. The minimum atomic E-state index is -2.89. The fourth-order valence-electron chi connectivity index (χ4n) is 1.09. The fraction of sp³-hybridized carbons (Fsp3) is 0.833. The zero-order chi connectivity index (χ0) is 9.19. The number of nitrogens with zero attached hydrogens (tertiary/aromatic N) is 1. The zero-order valence-electron chi connectivity index (χ0n) is 6.69. The first-order chi connectivity index (χ1) is 5.55. The first kappa shape index (κ1) is 9.47. The van der Waals surface area contributed by atoms with Gasteiger partial charge in [-0.15, -0.1) is 0 Å². The first-order valence-corrected chi connectivity index (χ1v) is 5.55. The maximum atomic E-state index is 11.0. The molecular weight excluding hydrogens is 180 g/mol. The second-order valence-corrected chi connectivity index (χ2v) is 5.04. The molecular formula is C6H12N2O3S. The number of hydrogen-bond acceptors (Lipinski definition) is 4. The van der Waals surface area contributed by atoms with Gasteiger partial charge in [0.25, 0.3) is 0 Å². The molecule has 0 bridgehead atoms. The summed E-state index contributed by atoms with van der Waals surface area (Å²) in [6.07, 6.45) is 0. The molecule has 6 heteroatoms. The summed E-state index contributed by atoms with van der Waals surface area (Å²) >= 11 is 0. The number of sulfone groups is 1. The maximum absolute atomic E-state index is 11.0. The van der Waals surface area contributed by atoms with Crippen LogP contribution in [0.1, 0.15) is 0 Å². The number of carbonyl (C=O) groups is 1. The highest BCUT2D eigenvalue weighted by atomic mass is 32.2. The van der Waals surface area contributed by atoms with Gasteiger partial charge in [0.2, 0.25) is 5.91 Å². The molecule has 1 aliphatic rings. The molecule has 2 N–H and O–H groups in total. The number of rotatable bonds is 1. The van der Waals surface area contributed by atoms with Crippen molar-refractivity contribution in [1.29, 1.82) is 0 Å². The Bertz CT molecular complexity index is 259. The summed E-state index contributed by atoms with van der Waals surface area (Å²) in [6.45, 7) is 0.538. The third kappa shape index (κ3) is 2.18. The van der Waals surface area contributed by atoms with Crippen molar-refractivity contribution in [2.75, 3.05) is 31.1 Å². The van der Waals surface area contributed by atoms with Crippen LogP contribution in [0.5, 0.6) is 0 Å². The predicted octanol–water partition coefficient (Wildman–Crippen LogP) is -1.80. The molecule has 0 unspecified atom stereocenters. The van der Waals surface area contributed by atoms with Crippen molar-refractivity contribution in [1.82, 2.24) is 4.90 Å². The molecule has 0 spiro atoms. The quantitative estimate of drug-likeness (QED) is 0.531. The van der Waals surface area contributed by atoms with E-state index in [0.717, 1.165) is 0 Å². The van der Waals surface area contributed by atoms with Gasteiger partial charge in [0, 0.05) is 13.1 Å². The van der Waals surface area contributed by atoms with E-state index in [-0.39, 0.29) is 24.0 Å². The summed E-state index contributed by atoms with van der Waals surface area (Å²) in [5.74, 6) is -0.0396. The van der Waals surface area contributed by atoms with Gasteiger partial charge in [-0.3, -0.25) is 4.79 Å². The van der Waals surface area contributed by atoms with Gasteiger partial charge in [0.15, 0.2) is 9.84 Å². The Labute approximate surface area is 71.4 Å². The molecule has 70 valence electrons. The van der Waals surface area contributed by atoms with Gasteiger partial charge >= 0.3 is 0 Å². The van der Waals surface area contributed by atoms with Gasteiger partial charge in [-0.2, -0.15) is 0 Å². The third-order valence-electron chi connectivity index (χ3n) is 1.87. The molecule has 0 aliphatic carbocycles. The molecule has 1 saturated heterocycles. The highest BCUT2D eigenvalue weighted by Gasteiger charge is 2.23. The van der Waals surface area contributed by atoms with Crippen LogP contribution >= 0.6 is 0 Å². The molecule has 1 rings (SSSR count). The minimum Gasteiger partial charge on any atom is -0.340 e. The molecule has 1 heterocycles. The van der Waals surface area contributed by atoms with Crippen LogP contribution in [-0.4, -0.2) is 50.4 Å².